The van der Waals surface area contributed by atoms with E-state index in [9.17, 15) is 8.42 Å². The van der Waals surface area contributed by atoms with Crippen LogP contribution in [0.1, 0.15) is 13.3 Å². The molecule has 0 bridgehead atoms. The molecule has 0 radical (unpaired) electrons. The van der Waals surface area contributed by atoms with E-state index in [1.807, 2.05) is 6.92 Å². The van der Waals surface area contributed by atoms with Gasteiger partial charge in [0.15, 0.2) is 9.84 Å². The number of benzene rings is 1. The minimum Gasteiger partial charge on any atom is -0.377 e. The molecular formula is C15H19N3O3S. The maximum Gasteiger partial charge on any atom is 0.177 e. The monoisotopic (exact) mass is 321 g/mol. The molecule has 0 spiro atoms. The average Bonchev–Trinajstić information content (AvgIpc) is 3.09. The van der Waals surface area contributed by atoms with Gasteiger partial charge in [0.25, 0.3) is 0 Å². The van der Waals surface area contributed by atoms with E-state index in [0.717, 1.165) is 18.7 Å². The van der Waals surface area contributed by atoms with Crippen molar-refractivity contribution in [2.45, 2.75) is 30.4 Å². The first-order chi connectivity index (χ1) is 10.4. The number of nitrogens with one attached hydrogen (secondary N) is 1. The van der Waals surface area contributed by atoms with Gasteiger partial charge in [0, 0.05) is 12.9 Å². The molecule has 0 aliphatic carbocycles. The second kappa shape index (κ2) is 5.73. The van der Waals surface area contributed by atoms with E-state index < -0.39 is 9.84 Å². The zero-order valence-corrected chi connectivity index (χ0v) is 13.4. The molecule has 0 amide bonds. The van der Waals surface area contributed by atoms with Crippen LogP contribution in [0, 0.1) is 0 Å². The molecule has 7 heteroatoms. The maximum absolute atomic E-state index is 11.9. The Balaban J connectivity index is 1.88. The van der Waals surface area contributed by atoms with Gasteiger partial charge in [-0.15, -0.1) is 0 Å². The number of anilines is 1. The Morgan fingerprint density at radius 3 is 2.82 bits per heavy atom. The molecule has 3 rings (SSSR count). The van der Waals surface area contributed by atoms with Crippen LogP contribution in [0.3, 0.4) is 0 Å². The Kier molecular flexibility index (Phi) is 3.92. The van der Waals surface area contributed by atoms with E-state index >= 15 is 0 Å². The fourth-order valence-electron chi connectivity index (χ4n) is 2.62. The number of hydrogen-bond donors (Lipinski definition) is 1. The van der Waals surface area contributed by atoms with E-state index in [1.54, 1.807) is 41.3 Å². The summed E-state index contributed by atoms with van der Waals surface area (Å²) in [5.41, 5.74) is 1.40. The number of sulfone groups is 1. The molecule has 0 saturated carbocycles. The third kappa shape index (κ3) is 3.00. The Labute approximate surface area is 130 Å². The lowest BCUT2D eigenvalue weighted by Crippen LogP contribution is -2.26. The molecule has 2 aromatic rings. The first-order valence-corrected chi connectivity index (χ1v) is 9.06. The lowest BCUT2D eigenvalue weighted by Gasteiger charge is -2.15. The SMILES string of the molecule is C[C@@H]1OCC[C@H]1Nc1cnn(-c2ccccc2S(C)(=O)=O)c1. The zero-order valence-electron chi connectivity index (χ0n) is 12.6. The van der Waals surface area contributed by atoms with Crippen LogP contribution < -0.4 is 5.32 Å². The summed E-state index contributed by atoms with van der Waals surface area (Å²) in [7, 11) is -3.30. The largest absolute Gasteiger partial charge is 0.377 e. The summed E-state index contributed by atoms with van der Waals surface area (Å²) in [5, 5.41) is 7.66. The second-order valence-electron chi connectivity index (χ2n) is 5.53. The van der Waals surface area contributed by atoms with Gasteiger partial charge in [-0.25, -0.2) is 13.1 Å². The zero-order chi connectivity index (χ0) is 15.7. The van der Waals surface area contributed by atoms with Crippen molar-refractivity contribution in [1.82, 2.24) is 9.78 Å². The molecule has 1 aromatic heterocycles. The molecule has 2 atom stereocenters. The Bertz CT molecular complexity index is 770. The van der Waals surface area contributed by atoms with E-state index in [4.69, 9.17) is 4.74 Å². The van der Waals surface area contributed by atoms with Crippen molar-refractivity contribution in [3.8, 4) is 5.69 Å². The van der Waals surface area contributed by atoms with Gasteiger partial charge in [0.05, 0.1) is 40.8 Å². The van der Waals surface area contributed by atoms with E-state index in [-0.39, 0.29) is 17.0 Å². The normalized spacial score (nSPS) is 21.9. The Morgan fingerprint density at radius 2 is 2.14 bits per heavy atom. The average molecular weight is 321 g/mol. The first kappa shape index (κ1) is 15.1. The number of rotatable bonds is 4. The molecule has 2 heterocycles. The summed E-state index contributed by atoms with van der Waals surface area (Å²) in [5.74, 6) is 0. The standard InChI is InChI=1S/C15H19N3O3S/c1-11-13(7-8-21-11)17-12-9-16-18(10-12)14-5-3-4-6-15(14)22(2,19)20/h3-6,9-11,13,17H,7-8H2,1-2H3/t11-,13+/m0/s1. The van der Waals surface area contributed by atoms with Crippen molar-refractivity contribution in [3.05, 3.63) is 36.7 Å². The number of nitrogens with zero attached hydrogens (tertiary/aromatic N) is 2. The summed E-state index contributed by atoms with van der Waals surface area (Å²) in [6.45, 7) is 2.79. The quantitative estimate of drug-likeness (QED) is 0.930. The third-order valence-corrected chi connectivity index (χ3v) is 4.97. The lowest BCUT2D eigenvalue weighted by atomic mass is 10.1. The highest BCUT2D eigenvalue weighted by molar-refractivity contribution is 7.90. The van der Waals surface area contributed by atoms with Crippen molar-refractivity contribution in [2.75, 3.05) is 18.2 Å². The van der Waals surface area contributed by atoms with Crippen molar-refractivity contribution in [2.24, 2.45) is 0 Å². The molecule has 118 valence electrons. The minimum atomic E-state index is -3.30. The summed E-state index contributed by atoms with van der Waals surface area (Å²) in [6.07, 6.45) is 5.81. The molecule has 1 N–H and O–H groups in total. The van der Waals surface area contributed by atoms with Gasteiger partial charge < -0.3 is 10.1 Å². The van der Waals surface area contributed by atoms with Crippen LogP contribution in [0.2, 0.25) is 0 Å². The second-order valence-corrected chi connectivity index (χ2v) is 7.51. The summed E-state index contributed by atoms with van der Waals surface area (Å²) in [6, 6.07) is 7.09. The predicted molar refractivity (Wildman–Crippen MR) is 84.1 cm³/mol. The highest BCUT2D eigenvalue weighted by atomic mass is 32.2. The molecule has 0 unspecified atom stereocenters. The summed E-state index contributed by atoms with van der Waals surface area (Å²) < 4.78 is 30.9. The van der Waals surface area contributed by atoms with Crippen molar-refractivity contribution < 1.29 is 13.2 Å². The van der Waals surface area contributed by atoms with E-state index in [1.165, 1.54) is 6.26 Å². The molecule has 1 saturated heterocycles. The van der Waals surface area contributed by atoms with Crippen LogP contribution in [0.5, 0.6) is 0 Å². The molecule has 1 aliphatic heterocycles. The van der Waals surface area contributed by atoms with E-state index in [0.29, 0.717) is 5.69 Å². The van der Waals surface area contributed by atoms with Crippen molar-refractivity contribution in [3.63, 3.8) is 0 Å². The van der Waals surface area contributed by atoms with Crippen molar-refractivity contribution >= 4 is 15.5 Å². The Morgan fingerprint density at radius 1 is 1.36 bits per heavy atom. The van der Waals surface area contributed by atoms with Crippen molar-refractivity contribution in [1.29, 1.82) is 0 Å². The molecule has 1 aliphatic rings. The third-order valence-electron chi connectivity index (χ3n) is 3.82. The van der Waals surface area contributed by atoms with E-state index in [2.05, 4.69) is 10.4 Å². The topological polar surface area (TPSA) is 73.2 Å². The fourth-order valence-corrected chi connectivity index (χ4v) is 3.49. The molecule has 22 heavy (non-hydrogen) atoms. The predicted octanol–water partition coefficient (Wildman–Crippen LogP) is 1.87. The Hall–Kier alpha value is -1.86. The van der Waals surface area contributed by atoms with Gasteiger partial charge in [-0.3, -0.25) is 0 Å². The lowest BCUT2D eigenvalue weighted by molar-refractivity contribution is 0.121. The first-order valence-electron chi connectivity index (χ1n) is 7.17. The fraction of sp³-hybridized carbons (Fsp3) is 0.400. The summed E-state index contributed by atoms with van der Waals surface area (Å²) >= 11 is 0. The van der Waals surface area contributed by atoms with Gasteiger partial charge >= 0.3 is 0 Å². The highest BCUT2D eigenvalue weighted by Gasteiger charge is 2.24. The van der Waals surface area contributed by atoms with Crippen LogP contribution >= 0.6 is 0 Å². The van der Waals surface area contributed by atoms with Gasteiger partial charge in [-0.05, 0) is 25.5 Å². The van der Waals surface area contributed by atoms with Crippen LogP contribution in [0.15, 0.2) is 41.6 Å². The maximum atomic E-state index is 11.9. The summed E-state index contributed by atoms with van der Waals surface area (Å²) in [4.78, 5) is 0.266. The van der Waals surface area contributed by atoms with Crippen LogP contribution in [-0.4, -0.2) is 43.2 Å². The molecular weight excluding hydrogens is 302 g/mol. The molecule has 1 aromatic carbocycles. The van der Waals surface area contributed by atoms with Gasteiger partial charge in [-0.1, -0.05) is 12.1 Å². The van der Waals surface area contributed by atoms with Crippen LogP contribution in [-0.2, 0) is 14.6 Å². The number of hydrogen-bond acceptors (Lipinski definition) is 5. The van der Waals surface area contributed by atoms with Gasteiger partial charge in [0.2, 0.25) is 0 Å². The van der Waals surface area contributed by atoms with Gasteiger partial charge in [-0.2, -0.15) is 5.10 Å². The molecule has 1 fully saturated rings. The number of ether oxygens (including phenoxy) is 1. The highest BCUT2D eigenvalue weighted by Crippen LogP contribution is 2.22. The number of aromatic nitrogens is 2. The van der Waals surface area contributed by atoms with Gasteiger partial charge in [0.1, 0.15) is 0 Å². The number of para-hydroxylation sites is 1. The minimum absolute atomic E-state index is 0.159. The van der Waals surface area contributed by atoms with Crippen LogP contribution in [0.4, 0.5) is 5.69 Å². The smallest absolute Gasteiger partial charge is 0.177 e. The molecule has 6 nitrogen and oxygen atoms in total. The van der Waals surface area contributed by atoms with Crippen LogP contribution in [0.25, 0.3) is 5.69 Å².